The molecule has 0 N–H and O–H groups in total. The first-order valence-corrected chi connectivity index (χ1v) is 13.0. The van der Waals surface area contributed by atoms with Gasteiger partial charge in [0.15, 0.2) is 16.3 Å². The molecular weight excluding hydrogens is 520 g/mol. The first-order valence-electron chi connectivity index (χ1n) is 12.2. The van der Waals surface area contributed by atoms with E-state index in [1.165, 1.54) is 37.2 Å². The number of rotatable bonds is 10. The average molecular weight is 551 g/mol. The third kappa shape index (κ3) is 5.46. The standard InChI is InChI=1S/C29H30N2O7S/c1-7-13-38-20-11-9-18(10-12-20)26-25(28(33)37-8-2)17(3)30-29-31(26)27(32)24(39-29)15-19-14-22(35-5)23(36-6)16-21(19)34-4/h7,9-12,14-16,26H,1,8,13H2,2-6H3/b24-15+. The monoisotopic (exact) mass is 550 g/mol. The molecule has 10 heteroatoms. The number of hydrogen-bond donors (Lipinski definition) is 0. The van der Waals surface area contributed by atoms with Crippen molar-refractivity contribution in [3.63, 3.8) is 0 Å². The Hall–Kier alpha value is -4.31. The van der Waals surface area contributed by atoms with Crippen LogP contribution in [-0.2, 0) is 9.53 Å². The first kappa shape index (κ1) is 27.7. The van der Waals surface area contributed by atoms with Crippen LogP contribution in [0.15, 0.2) is 70.1 Å². The molecule has 0 saturated carbocycles. The van der Waals surface area contributed by atoms with Gasteiger partial charge in [-0.3, -0.25) is 9.36 Å². The number of thiazole rings is 1. The highest BCUT2D eigenvalue weighted by Crippen LogP contribution is 2.35. The molecule has 4 rings (SSSR count). The van der Waals surface area contributed by atoms with E-state index in [9.17, 15) is 9.59 Å². The molecule has 1 aliphatic heterocycles. The number of aromatic nitrogens is 1. The molecule has 0 saturated heterocycles. The van der Waals surface area contributed by atoms with Gasteiger partial charge < -0.3 is 23.7 Å². The summed E-state index contributed by atoms with van der Waals surface area (Å²) in [6, 6.07) is 9.95. The third-order valence-electron chi connectivity index (χ3n) is 6.10. The van der Waals surface area contributed by atoms with E-state index in [4.69, 9.17) is 23.7 Å². The maximum absolute atomic E-state index is 13.9. The lowest BCUT2D eigenvalue weighted by Gasteiger charge is -2.24. The van der Waals surface area contributed by atoms with Gasteiger partial charge in [-0.1, -0.05) is 36.1 Å². The summed E-state index contributed by atoms with van der Waals surface area (Å²) in [6.07, 6.45) is 3.38. The molecular formula is C29H30N2O7S. The smallest absolute Gasteiger partial charge is 0.338 e. The van der Waals surface area contributed by atoms with Crippen LogP contribution in [0, 0.1) is 0 Å². The van der Waals surface area contributed by atoms with Gasteiger partial charge in [0, 0.05) is 11.6 Å². The van der Waals surface area contributed by atoms with Gasteiger partial charge >= 0.3 is 5.97 Å². The van der Waals surface area contributed by atoms with Crippen molar-refractivity contribution in [2.24, 2.45) is 4.99 Å². The second-order valence-corrected chi connectivity index (χ2v) is 9.43. The van der Waals surface area contributed by atoms with Crippen molar-refractivity contribution < 1.29 is 28.5 Å². The molecule has 0 radical (unpaired) electrons. The summed E-state index contributed by atoms with van der Waals surface area (Å²) in [6.45, 7) is 7.70. The van der Waals surface area contributed by atoms with Gasteiger partial charge in [0.2, 0.25) is 0 Å². The van der Waals surface area contributed by atoms with E-state index in [0.717, 1.165) is 5.56 Å². The minimum absolute atomic E-state index is 0.195. The molecule has 2 heterocycles. The number of hydrogen-bond acceptors (Lipinski definition) is 9. The summed E-state index contributed by atoms with van der Waals surface area (Å²) in [7, 11) is 4.61. The van der Waals surface area contributed by atoms with E-state index >= 15 is 0 Å². The number of carbonyl (C=O) groups is 1. The zero-order valence-corrected chi connectivity index (χ0v) is 23.3. The molecule has 1 aromatic heterocycles. The summed E-state index contributed by atoms with van der Waals surface area (Å²) >= 11 is 1.22. The summed E-state index contributed by atoms with van der Waals surface area (Å²) in [5.74, 6) is 1.63. The predicted molar refractivity (Wildman–Crippen MR) is 149 cm³/mol. The Morgan fingerprint density at radius 3 is 2.36 bits per heavy atom. The van der Waals surface area contributed by atoms with Gasteiger partial charge in [0.25, 0.3) is 5.56 Å². The third-order valence-corrected chi connectivity index (χ3v) is 7.09. The molecule has 1 atom stereocenters. The fourth-order valence-corrected chi connectivity index (χ4v) is 5.35. The van der Waals surface area contributed by atoms with Gasteiger partial charge in [0.1, 0.15) is 18.1 Å². The number of esters is 1. The topological polar surface area (TPSA) is 97.6 Å². The van der Waals surface area contributed by atoms with Gasteiger partial charge in [-0.15, -0.1) is 0 Å². The minimum atomic E-state index is -0.733. The molecule has 1 aliphatic rings. The summed E-state index contributed by atoms with van der Waals surface area (Å²) < 4.78 is 29.3. The summed E-state index contributed by atoms with van der Waals surface area (Å²) in [5, 5.41) is 0. The van der Waals surface area contributed by atoms with Gasteiger partial charge in [0.05, 0.1) is 49.8 Å². The lowest BCUT2D eigenvalue weighted by Crippen LogP contribution is -2.39. The van der Waals surface area contributed by atoms with E-state index in [-0.39, 0.29) is 12.2 Å². The number of methoxy groups -OCH3 is 3. The zero-order chi connectivity index (χ0) is 28.1. The quantitative estimate of drug-likeness (QED) is 0.282. The average Bonchev–Trinajstić information content (AvgIpc) is 3.25. The van der Waals surface area contributed by atoms with E-state index in [1.54, 1.807) is 50.3 Å². The number of benzene rings is 2. The van der Waals surface area contributed by atoms with Crippen molar-refractivity contribution in [1.82, 2.24) is 4.57 Å². The van der Waals surface area contributed by atoms with Crippen LogP contribution in [0.25, 0.3) is 6.08 Å². The molecule has 0 bridgehead atoms. The lowest BCUT2D eigenvalue weighted by atomic mass is 9.96. The highest BCUT2D eigenvalue weighted by Gasteiger charge is 2.33. The SMILES string of the molecule is C=CCOc1ccc(C2C(C(=O)OCC)=C(C)N=c3s/c(=C/c4cc(OC)c(OC)cc4OC)c(=O)n32)cc1. The fourth-order valence-electron chi connectivity index (χ4n) is 4.32. The molecule has 0 amide bonds. The molecule has 1 unspecified atom stereocenters. The van der Waals surface area contributed by atoms with Crippen LogP contribution in [0.1, 0.15) is 31.0 Å². The molecule has 0 spiro atoms. The number of allylic oxidation sites excluding steroid dienone is 1. The Kier molecular flexibility index (Phi) is 8.55. The van der Waals surface area contributed by atoms with E-state index in [1.807, 2.05) is 12.1 Å². The van der Waals surface area contributed by atoms with E-state index < -0.39 is 12.0 Å². The van der Waals surface area contributed by atoms with Crippen LogP contribution in [0.3, 0.4) is 0 Å². The molecule has 204 valence electrons. The van der Waals surface area contributed by atoms with Crippen molar-refractivity contribution >= 4 is 23.4 Å². The van der Waals surface area contributed by atoms with Crippen molar-refractivity contribution in [2.45, 2.75) is 19.9 Å². The van der Waals surface area contributed by atoms with Crippen molar-refractivity contribution in [1.29, 1.82) is 0 Å². The van der Waals surface area contributed by atoms with Gasteiger partial charge in [-0.05, 0) is 43.7 Å². The molecule has 0 aliphatic carbocycles. The number of fused-ring (bicyclic) bond motifs is 1. The normalized spacial score (nSPS) is 14.8. The van der Waals surface area contributed by atoms with Crippen LogP contribution in [0.4, 0.5) is 0 Å². The number of nitrogens with zero attached hydrogens (tertiary/aromatic N) is 2. The largest absolute Gasteiger partial charge is 0.496 e. The summed E-state index contributed by atoms with van der Waals surface area (Å²) in [4.78, 5) is 32.1. The van der Waals surface area contributed by atoms with Crippen molar-refractivity contribution in [3.05, 3.63) is 91.1 Å². The maximum atomic E-state index is 13.9. The van der Waals surface area contributed by atoms with Gasteiger partial charge in [-0.2, -0.15) is 0 Å². The number of ether oxygens (including phenoxy) is 5. The second-order valence-electron chi connectivity index (χ2n) is 8.42. The lowest BCUT2D eigenvalue weighted by molar-refractivity contribution is -0.139. The predicted octanol–water partition coefficient (Wildman–Crippen LogP) is 3.39. The molecule has 39 heavy (non-hydrogen) atoms. The molecule has 2 aromatic carbocycles. The Morgan fingerprint density at radius 1 is 1.08 bits per heavy atom. The van der Waals surface area contributed by atoms with E-state index in [2.05, 4.69) is 11.6 Å². The second kappa shape index (κ2) is 12.0. The Balaban J connectivity index is 1.92. The highest BCUT2D eigenvalue weighted by molar-refractivity contribution is 7.07. The molecule has 0 fully saturated rings. The molecule has 9 nitrogen and oxygen atoms in total. The highest BCUT2D eigenvalue weighted by atomic mass is 32.1. The Labute approximate surface area is 229 Å². The Morgan fingerprint density at radius 2 is 1.74 bits per heavy atom. The first-order chi connectivity index (χ1) is 18.9. The molecule has 3 aromatic rings. The van der Waals surface area contributed by atoms with Crippen molar-refractivity contribution in [2.75, 3.05) is 34.5 Å². The summed E-state index contributed by atoms with van der Waals surface area (Å²) in [5.41, 5.74) is 1.83. The van der Waals surface area contributed by atoms with Crippen LogP contribution in [0.5, 0.6) is 23.0 Å². The van der Waals surface area contributed by atoms with E-state index in [0.29, 0.717) is 55.8 Å². The van der Waals surface area contributed by atoms with Crippen LogP contribution >= 0.6 is 11.3 Å². The minimum Gasteiger partial charge on any atom is -0.496 e. The van der Waals surface area contributed by atoms with Crippen LogP contribution < -0.4 is 33.8 Å². The van der Waals surface area contributed by atoms with Crippen LogP contribution in [-0.4, -0.2) is 45.1 Å². The number of carbonyl (C=O) groups excluding carboxylic acids is 1. The fraction of sp³-hybridized carbons (Fsp3) is 0.276. The Bertz CT molecular complexity index is 1600. The van der Waals surface area contributed by atoms with Crippen LogP contribution in [0.2, 0.25) is 0 Å². The van der Waals surface area contributed by atoms with Gasteiger partial charge in [-0.25, -0.2) is 9.79 Å². The maximum Gasteiger partial charge on any atom is 0.338 e. The zero-order valence-electron chi connectivity index (χ0n) is 22.5. The van der Waals surface area contributed by atoms with Crippen molar-refractivity contribution in [3.8, 4) is 23.0 Å².